The number of aryl methyl sites for hydroxylation is 2. The number of nitrogens with zero attached hydrogens (tertiary/aromatic N) is 3. The van der Waals surface area contributed by atoms with E-state index in [9.17, 15) is 4.79 Å². The maximum absolute atomic E-state index is 12.3. The number of benzene rings is 1. The van der Waals surface area contributed by atoms with E-state index >= 15 is 0 Å². The molecule has 5 heteroatoms. The van der Waals surface area contributed by atoms with Crippen LogP contribution in [0.5, 0.6) is 0 Å². The molecule has 1 aromatic heterocycles. The lowest BCUT2D eigenvalue weighted by Gasteiger charge is -2.17. The predicted octanol–water partition coefficient (Wildman–Crippen LogP) is 1.92. The van der Waals surface area contributed by atoms with Crippen LogP contribution in [0.1, 0.15) is 32.9 Å². The molecule has 3 rings (SSSR count). The minimum Gasteiger partial charge on any atom is -0.347 e. The average Bonchev–Trinajstić information content (AvgIpc) is 3.06. The van der Waals surface area contributed by atoms with Gasteiger partial charge < -0.3 is 10.2 Å². The number of aromatic nitrogens is 2. The first kappa shape index (κ1) is 15.7. The number of fused-ring (bicyclic) bond motifs is 1. The van der Waals surface area contributed by atoms with Crippen LogP contribution in [0.25, 0.3) is 0 Å². The van der Waals surface area contributed by atoms with Crippen LogP contribution in [0.2, 0.25) is 0 Å². The lowest BCUT2D eigenvalue weighted by atomic mass is 10.1. The lowest BCUT2D eigenvalue weighted by Crippen LogP contribution is -2.30. The molecule has 0 unspecified atom stereocenters. The number of amides is 1. The molecule has 1 N–H and O–H groups in total. The van der Waals surface area contributed by atoms with Gasteiger partial charge in [0.2, 0.25) is 0 Å². The lowest BCUT2D eigenvalue weighted by molar-refractivity contribution is 0.0944. The normalized spacial score (nSPS) is 16.7. The SMILES string of the molecule is Cc1ccc(C)c(CNC(=O)c2cc3n(n2)C[C@@H](N(C)C)C3)c1. The molecule has 0 bridgehead atoms. The monoisotopic (exact) mass is 312 g/mol. The van der Waals surface area contributed by atoms with Gasteiger partial charge in [0, 0.05) is 24.7 Å². The largest absolute Gasteiger partial charge is 0.347 e. The summed E-state index contributed by atoms with van der Waals surface area (Å²) < 4.78 is 1.96. The molecule has 1 aliphatic heterocycles. The van der Waals surface area contributed by atoms with Crippen LogP contribution in [0.15, 0.2) is 24.3 Å². The van der Waals surface area contributed by atoms with Gasteiger partial charge >= 0.3 is 0 Å². The third-order valence-corrected chi connectivity index (χ3v) is 4.60. The van der Waals surface area contributed by atoms with Crippen molar-refractivity contribution in [3.05, 3.63) is 52.3 Å². The van der Waals surface area contributed by atoms with E-state index in [1.165, 1.54) is 11.1 Å². The van der Waals surface area contributed by atoms with E-state index in [1.54, 1.807) is 0 Å². The van der Waals surface area contributed by atoms with E-state index < -0.39 is 0 Å². The van der Waals surface area contributed by atoms with Crippen molar-refractivity contribution in [1.82, 2.24) is 20.0 Å². The summed E-state index contributed by atoms with van der Waals surface area (Å²) in [6.07, 6.45) is 0.949. The van der Waals surface area contributed by atoms with Crippen molar-refractivity contribution in [3.8, 4) is 0 Å². The molecule has 5 nitrogen and oxygen atoms in total. The number of hydrogen-bond acceptors (Lipinski definition) is 3. The number of carbonyl (C=O) groups excluding carboxylic acids is 1. The van der Waals surface area contributed by atoms with E-state index in [4.69, 9.17) is 0 Å². The summed E-state index contributed by atoms with van der Waals surface area (Å²) in [6, 6.07) is 8.68. The predicted molar refractivity (Wildman–Crippen MR) is 90.5 cm³/mol. The molecule has 0 spiro atoms. The smallest absolute Gasteiger partial charge is 0.272 e. The summed E-state index contributed by atoms with van der Waals surface area (Å²) in [7, 11) is 4.16. The molecule has 2 heterocycles. The zero-order chi connectivity index (χ0) is 16.6. The van der Waals surface area contributed by atoms with Gasteiger partial charge in [-0.05, 0) is 45.1 Å². The number of rotatable bonds is 4. The quantitative estimate of drug-likeness (QED) is 0.938. The topological polar surface area (TPSA) is 50.2 Å². The van der Waals surface area contributed by atoms with Crippen molar-refractivity contribution < 1.29 is 4.79 Å². The van der Waals surface area contributed by atoms with Crippen LogP contribution in [0, 0.1) is 13.8 Å². The van der Waals surface area contributed by atoms with Gasteiger partial charge in [0.25, 0.3) is 5.91 Å². The molecule has 1 amide bonds. The van der Waals surface area contributed by atoms with Gasteiger partial charge in [0.15, 0.2) is 0 Å². The molecule has 122 valence electrons. The summed E-state index contributed by atoms with van der Waals surface area (Å²) in [5, 5.41) is 7.43. The van der Waals surface area contributed by atoms with Gasteiger partial charge in [0.1, 0.15) is 5.69 Å². The Kier molecular flexibility index (Phi) is 4.22. The standard InChI is InChI=1S/C18H24N4O/c1-12-5-6-13(2)14(7-12)10-19-18(23)17-9-15-8-16(21(3)4)11-22(15)20-17/h5-7,9,16H,8,10-11H2,1-4H3,(H,19,23)/t16-/m0/s1. The number of hydrogen-bond donors (Lipinski definition) is 1. The minimum atomic E-state index is -0.103. The molecular weight excluding hydrogens is 288 g/mol. The van der Waals surface area contributed by atoms with Crippen LogP contribution in [0.3, 0.4) is 0 Å². The van der Waals surface area contributed by atoms with Gasteiger partial charge in [-0.25, -0.2) is 0 Å². The maximum Gasteiger partial charge on any atom is 0.272 e. The van der Waals surface area contributed by atoms with E-state index in [1.807, 2.05) is 10.7 Å². The molecule has 1 atom stereocenters. The Morgan fingerprint density at radius 3 is 2.83 bits per heavy atom. The second-order valence-electron chi connectivity index (χ2n) is 6.64. The molecule has 0 radical (unpaired) electrons. The Hall–Kier alpha value is -2.14. The van der Waals surface area contributed by atoms with E-state index in [-0.39, 0.29) is 5.91 Å². The Morgan fingerprint density at radius 2 is 2.13 bits per heavy atom. The first-order chi connectivity index (χ1) is 10.9. The van der Waals surface area contributed by atoms with E-state index in [0.29, 0.717) is 18.3 Å². The third-order valence-electron chi connectivity index (χ3n) is 4.60. The summed E-state index contributed by atoms with van der Waals surface area (Å²) >= 11 is 0. The second-order valence-corrected chi connectivity index (χ2v) is 6.64. The van der Waals surface area contributed by atoms with Crippen molar-refractivity contribution in [1.29, 1.82) is 0 Å². The summed E-state index contributed by atoms with van der Waals surface area (Å²) in [5.74, 6) is -0.103. The molecule has 0 saturated carbocycles. The zero-order valence-corrected chi connectivity index (χ0v) is 14.3. The number of nitrogens with one attached hydrogen (secondary N) is 1. The van der Waals surface area contributed by atoms with Crippen molar-refractivity contribution in [2.24, 2.45) is 0 Å². The van der Waals surface area contributed by atoms with Gasteiger partial charge in [-0.15, -0.1) is 0 Å². The zero-order valence-electron chi connectivity index (χ0n) is 14.3. The molecule has 2 aromatic rings. The highest BCUT2D eigenvalue weighted by molar-refractivity contribution is 5.92. The van der Waals surface area contributed by atoms with Crippen LogP contribution >= 0.6 is 0 Å². The fourth-order valence-electron chi connectivity index (χ4n) is 3.00. The Balaban J connectivity index is 1.64. The third kappa shape index (κ3) is 3.29. The average molecular weight is 312 g/mol. The molecular formula is C18H24N4O. The summed E-state index contributed by atoms with van der Waals surface area (Å²) in [6.45, 7) is 5.51. The molecule has 0 aliphatic carbocycles. The van der Waals surface area contributed by atoms with Crippen molar-refractivity contribution in [2.45, 2.75) is 39.4 Å². The Labute approximate surface area is 137 Å². The molecule has 23 heavy (non-hydrogen) atoms. The van der Waals surface area contributed by atoms with Crippen LogP contribution < -0.4 is 5.32 Å². The number of carbonyl (C=O) groups is 1. The van der Waals surface area contributed by atoms with E-state index in [0.717, 1.165) is 24.2 Å². The highest BCUT2D eigenvalue weighted by Gasteiger charge is 2.26. The molecule has 0 fully saturated rings. The highest BCUT2D eigenvalue weighted by Crippen LogP contribution is 2.19. The minimum absolute atomic E-state index is 0.103. The van der Waals surface area contributed by atoms with Crippen LogP contribution in [-0.4, -0.2) is 40.7 Å². The second kappa shape index (κ2) is 6.16. The fraction of sp³-hybridized carbons (Fsp3) is 0.444. The van der Waals surface area contributed by atoms with Crippen LogP contribution in [-0.2, 0) is 19.5 Å². The Bertz CT molecular complexity index is 709. The fourth-order valence-corrected chi connectivity index (χ4v) is 3.00. The van der Waals surface area contributed by atoms with Crippen molar-refractivity contribution in [3.63, 3.8) is 0 Å². The van der Waals surface area contributed by atoms with E-state index in [2.05, 4.69) is 61.5 Å². The Morgan fingerprint density at radius 1 is 1.35 bits per heavy atom. The molecule has 1 aliphatic rings. The van der Waals surface area contributed by atoms with Gasteiger partial charge in [-0.3, -0.25) is 9.48 Å². The van der Waals surface area contributed by atoms with Crippen molar-refractivity contribution >= 4 is 5.91 Å². The summed E-state index contributed by atoms with van der Waals surface area (Å²) in [4.78, 5) is 14.5. The van der Waals surface area contributed by atoms with Crippen LogP contribution in [0.4, 0.5) is 0 Å². The van der Waals surface area contributed by atoms with Crippen molar-refractivity contribution in [2.75, 3.05) is 14.1 Å². The molecule has 1 aromatic carbocycles. The van der Waals surface area contributed by atoms with Gasteiger partial charge in [0.05, 0.1) is 6.54 Å². The number of likely N-dealkylation sites (N-methyl/N-ethyl adjacent to an activating group) is 1. The first-order valence-electron chi connectivity index (χ1n) is 8.01. The maximum atomic E-state index is 12.3. The first-order valence-corrected chi connectivity index (χ1v) is 8.01. The summed E-state index contributed by atoms with van der Waals surface area (Å²) in [5.41, 5.74) is 5.20. The van der Waals surface area contributed by atoms with Gasteiger partial charge in [-0.1, -0.05) is 23.8 Å². The highest BCUT2D eigenvalue weighted by atomic mass is 16.1. The molecule has 0 saturated heterocycles. The van der Waals surface area contributed by atoms with Gasteiger partial charge in [-0.2, -0.15) is 5.10 Å².